The zero-order valence-electron chi connectivity index (χ0n) is 18.2. The van der Waals surface area contributed by atoms with Crippen LogP contribution < -0.4 is 5.32 Å². The third-order valence-electron chi connectivity index (χ3n) is 4.99. The molecule has 1 amide bonds. The van der Waals surface area contributed by atoms with E-state index in [2.05, 4.69) is 42.3 Å². The smallest absolute Gasteiger partial charge is 0.407 e. The first-order valence-corrected chi connectivity index (χ1v) is 10.7. The summed E-state index contributed by atoms with van der Waals surface area (Å²) in [6.45, 7) is 3.62. The first-order valence-electron chi connectivity index (χ1n) is 10.7. The summed E-state index contributed by atoms with van der Waals surface area (Å²) in [5.41, 5.74) is 3.10. The number of nitrogens with one attached hydrogen (secondary N) is 1. The quantitative estimate of drug-likeness (QED) is 0.300. The Kier molecular flexibility index (Phi) is 8.70. The van der Waals surface area contributed by atoms with Gasteiger partial charge in [0, 0.05) is 18.5 Å². The van der Waals surface area contributed by atoms with Crippen molar-refractivity contribution in [2.24, 2.45) is 5.92 Å². The Morgan fingerprint density at radius 1 is 1.03 bits per heavy atom. The van der Waals surface area contributed by atoms with E-state index >= 15 is 0 Å². The molecule has 0 radical (unpaired) electrons. The average Bonchev–Trinajstić information content (AvgIpc) is 2.83. The van der Waals surface area contributed by atoms with Gasteiger partial charge in [-0.3, -0.25) is 4.79 Å². The molecule has 0 heterocycles. The molecular weight excluding hydrogens is 402 g/mol. The topological polar surface area (TPSA) is 64.6 Å². The Bertz CT molecular complexity index is 1100. The van der Waals surface area contributed by atoms with Crippen LogP contribution >= 0.6 is 0 Å². The number of alkyl carbamates (subject to hydrolysis) is 1. The number of hydrogen-bond donors (Lipinski definition) is 1. The van der Waals surface area contributed by atoms with Crippen LogP contribution in [0, 0.1) is 17.8 Å². The van der Waals surface area contributed by atoms with E-state index in [-0.39, 0.29) is 12.5 Å². The maximum Gasteiger partial charge on any atom is 0.407 e. The van der Waals surface area contributed by atoms with Crippen molar-refractivity contribution in [1.29, 1.82) is 0 Å². The molecule has 0 aliphatic heterocycles. The van der Waals surface area contributed by atoms with Crippen LogP contribution in [0.5, 0.6) is 0 Å². The summed E-state index contributed by atoms with van der Waals surface area (Å²) >= 11 is 0. The second kappa shape index (κ2) is 12.2. The normalized spacial score (nSPS) is 11.2. The van der Waals surface area contributed by atoms with Gasteiger partial charge in [-0.25, -0.2) is 4.79 Å². The molecule has 0 spiro atoms. The highest BCUT2D eigenvalue weighted by molar-refractivity contribution is 5.91. The Hall–Kier alpha value is -3.78. The molecule has 1 atom stereocenters. The summed E-state index contributed by atoms with van der Waals surface area (Å²) in [7, 11) is 0. The van der Waals surface area contributed by atoms with E-state index < -0.39 is 6.09 Å². The van der Waals surface area contributed by atoms with Gasteiger partial charge < -0.3 is 14.8 Å². The summed E-state index contributed by atoms with van der Waals surface area (Å²) in [5, 5.41) is 4.97. The fourth-order valence-corrected chi connectivity index (χ4v) is 3.45. The number of carbonyl (C=O) groups excluding carboxylic acids is 2. The van der Waals surface area contributed by atoms with Gasteiger partial charge >= 0.3 is 6.09 Å². The third-order valence-corrected chi connectivity index (χ3v) is 4.99. The van der Waals surface area contributed by atoms with Gasteiger partial charge in [-0.1, -0.05) is 79.4 Å². The van der Waals surface area contributed by atoms with Crippen molar-refractivity contribution in [3.8, 4) is 11.8 Å². The van der Waals surface area contributed by atoms with E-state index in [1.165, 1.54) is 5.56 Å². The molecule has 0 saturated carbocycles. The van der Waals surface area contributed by atoms with Gasteiger partial charge in [-0.2, -0.15) is 0 Å². The fourth-order valence-electron chi connectivity index (χ4n) is 3.45. The molecule has 32 heavy (non-hydrogen) atoms. The predicted octanol–water partition coefficient (Wildman–Crippen LogP) is 4.86. The second-order valence-electron chi connectivity index (χ2n) is 7.60. The first kappa shape index (κ1) is 22.9. The number of rotatable bonds is 9. The van der Waals surface area contributed by atoms with Gasteiger partial charge in [-0.05, 0) is 40.3 Å². The predicted molar refractivity (Wildman–Crippen MR) is 125 cm³/mol. The minimum Gasteiger partial charge on any atom is -0.468 e. The average molecular weight is 430 g/mol. The van der Waals surface area contributed by atoms with E-state index in [9.17, 15) is 9.59 Å². The van der Waals surface area contributed by atoms with Gasteiger partial charge in [0.25, 0.3) is 6.47 Å². The Morgan fingerprint density at radius 2 is 1.78 bits per heavy atom. The summed E-state index contributed by atoms with van der Waals surface area (Å²) in [5.74, 6) is 6.58. The lowest BCUT2D eigenvalue weighted by Crippen LogP contribution is -2.24. The van der Waals surface area contributed by atoms with Gasteiger partial charge in [0.15, 0.2) is 0 Å². The summed E-state index contributed by atoms with van der Waals surface area (Å²) in [6, 6.07) is 21.8. The van der Waals surface area contributed by atoms with Crippen LogP contribution in [0.15, 0.2) is 66.7 Å². The SMILES string of the molecule is C[C@H](COC=O)Cc1ccc(C#CCCNC(=O)OCc2ccccc2)c2ccccc12. The van der Waals surface area contributed by atoms with E-state index in [1.54, 1.807) is 0 Å². The fraction of sp³-hybridized carbons (Fsp3) is 0.259. The van der Waals surface area contributed by atoms with Crippen molar-refractivity contribution in [2.45, 2.75) is 26.4 Å². The molecule has 0 aliphatic rings. The van der Waals surface area contributed by atoms with Crippen molar-refractivity contribution in [3.63, 3.8) is 0 Å². The van der Waals surface area contributed by atoms with Crippen molar-refractivity contribution < 1.29 is 19.1 Å². The van der Waals surface area contributed by atoms with E-state index in [1.807, 2.05) is 48.5 Å². The Labute approximate surface area is 188 Å². The molecule has 0 aromatic heterocycles. The number of benzene rings is 3. The van der Waals surface area contributed by atoms with Crippen molar-refractivity contribution >= 4 is 23.3 Å². The van der Waals surface area contributed by atoms with Crippen molar-refractivity contribution in [2.75, 3.05) is 13.2 Å². The molecule has 0 bridgehead atoms. The minimum absolute atomic E-state index is 0.230. The zero-order chi connectivity index (χ0) is 22.6. The van der Waals surface area contributed by atoms with E-state index in [0.717, 1.165) is 28.3 Å². The van der Waals surface area contributed by atoms with Gasteiger partial charge in [0.1, 0.15) is 6.61 Å². The lowest BCUT2D eigenvalue weighted by Gasteiger charge is -2.13. The van der Waals surface area contributed by atoms with Crippen LogP contribution in [0.1, 0.15) is 30.0 Å². The monoisotopic (exact) mass is 429 g/mol. The third kappa shape index (κ3) is 6.88. The molecule has 3 aromatic carbocycles. The summed E-state index contributed by atoms with van der Waals surface area (Å²) < 4.78 is 10.1. The molecule has 5 nitrogen and oxygen atoms in total. The number of carbonyl (C=O) groups is 2. The molecule has 5 heteroatoms. The maximum absolute atomic E-state index is 11.8. The molecule has 0 saturated heterocycles. The summed E-state index contributed by atoms with van der Waals surface area (Å²) in [4.78, 5) is 22.2. The van der Waals surface area contributed by atoms with E-state index in [4.69, 9.17) is 9.47 Å². The van der Waals surface area contributed by atoms with Gasteiger partial charge in [-0.15, -0.1) is 0 Å². The van der Waals surface area contributed by atoms with Crippen LogP contribution in [-0.4, -0.2) is 25.7 Å². The molecule has 0 unspecified atom stereocenters. The zero-order valence-corrected chi connectivity index (χ0v) is 18.2. The number of ether oxygens (including phenoxy) is 2. The molecule has 3 aromatic rings. The molecule has 1 N–H and O–H groups in total. The highest BCUT2D eigenvalue weighted by Gasteiger charge is 2.09. The molecule has 164 valence electrons. The van der Waals surface area contributed by atoms with E-state index in [0.29, 0.717) is 26.0 Å². The Morgan fingerprint density at radius 3 is 2.56 bits per heavy atom. The molecular formula is C27H27NO4. The van der Waals surface area contributed by atoms with Crippen LogP contribution in [-0.2, 0) is 27.3 Å². The van der Waals surface area contributed by atoms with Crippen LogP contribution in [0.25, 0.3) is 10.8 Å². The number of amides is 1. The molecule has 0 fully saturated rings. The highest BCUT2D eigenvalue weighted by Crippen LogP contribution is 2.24. The molecule has 0 aliphatic carbocycles. The van der Waals surface area contributed by atoms with Gasteiger partial charge in [0.2, 0.25) is 0 Å². The van der Waals surface area contributed by atoms with Crippen LogP contribution in [0.3, 0.4) is 0 Å². The van der Waals surface area contributed by atoms with Crippen molar-refractivity contribution in [1.82, 2.24) is 5.32 Å². The van der Waals surface area contributed by atoms with Crippen LogP contribution in [0.2, 0.25) is 0 Å². The Balaban J connectivity index is 1.54. The lowest BCUT2D eigenvalue weighted by molar-refractivity contribution is -0.129. The largest absolute Gasteiger partial charge is 0.468 e. The first-order chi connectivity index (χ1) is 15.7. The molecule has 3 rings (SSSR count). The summed E-state index contributed by atoms with van der Waals surface area (Å²) in [6.07, 6.45) is 0.895. The number of fused-ring (bicyclic) bond motifs is 1. The highest BCUT2D eigenvalue weighted by atomic mass is 16.5. The van der Waals surface area contributed by atoms with Gasteiger partial charge in [0.05, 0.1) is 6.61 Å². The minimum atomic E-state index is -0.446. The standard InChI is InChI=1S/C27H27NO4/c1-21(18-31-20-29)17-24-15-14-23(25-12-5-6-13-26(24)25)11-7-8-16-28-27(30)32-19-22-9-3-2-4-10-22/h2-6,9-10,12-15,20-21H,8,16-19H2,1H3,(H,28,30)/t21-/m0/s1. The van der Waals surface area contributed by atoms with Crippen LogP contribution in [0.4, 0.5) is 4.79 Å². The maximum atomic E-state index is 11.8. The lowest BCUT2D eigenvalue weighted by atomic mass is 9.94. The second-order valence-corrected chi connectivity index (χ2v) is 7.60. The number of hydrogen-bond acceptors (Lipinski definition) is 4. The van der Waals surface area contributed by atoms with Crippen molar-refractivity contribution in [3.05, 3.63) is 83.4 Å².